The molecule has 0 saturated carbocycles. The third-order valence-corrected chi connectivity index (χ3v) is 3.92. The lowest BCUT2D eigenvalue weighted by atomic mass is 10.2. The van der Waals surface area contributed by atoms with Crippen molar-refractivity contribution in [2.45, 2.75) is 13.0 Å². The quantitative estimate of drug-likeness (QED) is 0.795. The molecule has 0 aliphatic heterocycles. The van der Waals surface area contributed by atoms with Crippen molar-refractivity contribution in [2.75, 3.05) is 0 Å². The Labute approximate surface area is 114 Å². The first-order valence-electron chi connectivity index (χ1n) is 5.86. The maximum absolute atomic E-state index is 10.2. The first kappa shape index (κ1) is 12.1. The van der Waals surface area contributed by atoms with Gasteiger partial charge in [0.1, 0.15) is 0 Å². The van der Waals surface area contributed by atoms with Crippen LogP contribution in [0, 0.1) is 6.92 Å². The molecular weight excluding hydrogens is 260 g/mol. The Morgan fingerprint density at radius 1 is 1.16 bits per heavy atom. The molecule has 4 nitrogen and oxygen atoms in total. The highest BCUT2D eigenvalue weighted by molar-refractivity contribution is 7.10. The number of aryl methyl sites for hydroxylation is 1. The predicted octanol–water partition coefficient (Wildman–Crippen LogP) is 3.19. The van der Waals surface area contributed by atoms with Gasteiger partial charge in [-0.05, 0) is 36.1 Å². The van der Waals surface area contributed by atoms with Gasteiger partial charge in [-0.2, -0.15) is 0 Å². The number of aromatic nitrogens is 2. The summed E-state index contributed by atoms with van der Waals surface area (Å²) in [5.74, 6) is 0.647. The fraction of sp³-hybridized carbons (Fsp3) is 0.143. The summed E-state index contributed by atoms with van der Waals surface area (Å²) in [6.45, 7) is 1.95. The molecule has 1 aromatic carbocycles. The lowest BCUT2D eigenvalue weighted by molar-refractivity contribution is 0.186. The molecular formula is C14H12N2O2S. The number of rotatable bonds is 3. The molecule has 0 radical (unpaired) electrons. The van der Waals surface area contributed by atoms with E-state index in [1.807, 2.05) is 48.7 Å². The van der Waals surface area contributed by atoms with Crippen LogP contribution in [0.4, 0.5) is 0 Å². The third-order valence-electron chi connectivity index (χ3n) is 2.85. The third kappa shape index (κ3) is 2.30. The average Bonchev–Trinajstić information content (AvgIpc) is 3.08. The van der Waals surface area contributed by atoms with Crippen LogP contribution in [0.25, 0.3) is 11.5 Å². The van der Waals surface area contributed by atoms with E-state index in [0.717, 1.165) is 16.0 Å². The van der Waals surface area contributed by atoms with Crippen molar-refractivity contribution in [1.82, 2.24) is 10.2 Å². The van der Waals surface area contributed by atoms with Crippen molar-refractivity contribution < 1.29 is 9.52 Å². The molecule has 1 N–H and O–H groups in total. The molecule has 2 heterocycles. The van der Waals surface area contributed by atoms with Crippen LogP contribution in [0.3, 0.4) is 0 Å². The molecule has 2 aromatic heterocycles. The van der Waals surface area contributed by atoms with E-state index < -0.39 is 6.10 Å². The Bertz CT molecular complexity index is 676. The van der Waals surface area contributed by atoms with Crippen molar-refractivity contribution in [3.05, 3.63) is 58.1 Å². The van der Waals surface area contributed by atoms with Gasteiger partial charge in [-0.25, -0.2) is 0 Å². The second kappa shape index (κ2) is 4.95. The maximum Gasteiger partial charge on any atom is 0.250 e. The summed E-state index contributed by atoms with van der Waals surface area (Å²) in [6.07, 6.45) is -0.857. The predicted molar refractivity (Wildman–Crippen MR) is 72.9 cm³/mol. The summed E-state index contributed by atoms with van der Waals surface area (Å²) in [6, 6.07) is 11.5. The van der Waals surface area contributed by atoms with Gasteiger partial charge in [0.25, 0.3) is 5.89 Å². The highest BCUT2D eigenvalue weighted by Gasteiger charge is 2.21. The molecule has 0 fully saturated rings. The number of benzene rings is 1. The van der Waals surface area contributed by atoms with Crippen molar-refractivity contribution in [1.29, 1.82) is 0 Å². The highest BCUT2D eigenvalue weighted by Crippen LogP contribution is 2.29. The number of hydrogen-bond donors (Lipinski definition) is 1. The molecule has 96 valence electrons. The second-order valence-corrected chi connectivity index (χ2v) is 5.13. The smallest absolute Gasteiger partial charge is 0.250 e. The summed E-state index contributed by atoms with van der Waals surface area (Å²) in [5.41, 5.74) is 1.87. The van der Waals surface area contributed by atoms with E-state index in [1.54, 1.807) is 0 Å². The maximum atomic E-state index is 10.2. The Morgan fingerprint density at radius 2 is 1.95 bits per heavy atom. The number of aliphatic hydroxyl groups is 1. The van der Waals surface area contributed by atoms with E-state index in [1.165, 1.54) is 11.3 Å². The van der Waals surface area contributed by atoms with E-state index in [2.05, 4.69) is 10.2 Å². The molecule has 0 aliphatic rings. The van der Waals surface area contributed by atoms with Gasteiger partial charge < -0.3 is 9.52 Å². The van der Waals surface area contributed by atoms with E-state index in [-0.39, 0.29) is 5.89 Å². The zero-order valence-electron chi connectivity index (χ0n) is 10.3. The summed E-state index contributed by atoms with van der Waals surface area (Å²) >= 11 is 1.48. The minimum Gasteiger partial charge on any atom is -0.417 e. The largest absolute Gasteiger partial charge is 0.417 e. The van der Waals surface area contributed by atoms with Crippen LogP contribution in [0.2, 0.25) is 0 Å². The molecule has 1 atom stereocenters. The van der Waals surface area contributed by atoms with Crippen LogP contribution < -0.4 is 0 Å². The highest BCUT2D eigenvalue weighted by atomic mass is 32.1. The Morgan fingerprint density at radius 3 is 2.63 bits per heavy atom. The summed E-state index contributed by atoms with van der Waals surface area (Å²) in [7, 11) is 0. The van der Waals surface area contributed by atoms with Crippen molar-refractivity contribution in [2.24, 2.45) is 0 Å². The number of aliphatic hydroxyl groups excluding tert-OH is 1. The van der Waals surface area contributed by atoms with Crippen LogP contribution in [0.5, 0.6) is 0 Å². The van der Waals surface area contributed by atoms with Gasteiger partial charge in [0, 0.05) is 10.4 Å². The molecule has 0 bridgehead atoms. The van der Waals surface area contributed by atoms with Crippen LogP contribution in [0.15, 0.2) is 46.2 Å². The zero-order chi connectivity index (χ0) is 13.2. The minimum atomic E-state index is -0.857. The number of nitrogens with zero attached hydrogens (tertiary/aromatic N) is 2. The lowest BCUT2D eigenvalue weighted by Gasteiger charge is -2.04. The monoisotopic (exact) mass is 272 g/mol. The summed E-state index contributed by atoms with van der Waals surface area (Å²) in [4.78, 5) is 0.836. The fourth-order valence-electron chi connectivity index (χ4n) is 1.82. The van der Waals surface area contributed by atoms with Crippen LogP contribution in [-0.2, 0) is 0 Å². The second-order valence-electron chi connectivity index (χ2n) is 4.18. The first-order valence-corrected chi connectivity index (χ1v) is 6.74. The topological polar surface area (TPSA) is 59.2 Å². The zero-order valence-corrected chi connectivity index (χ0v) is 11.1. The van der Waals surface area contributed by atoms with Gasteiger partial charge in [-0.15, -0.1) is 21.5 Å². The van der Waals surface area contributed by atoms with E-state index in [9.17, 15) is 5.11 Å². The lowest BCUT2D eigenvalue weighted by Crippen LogP contribution is -1.98. The summed E-state index contributed by atoms with van der Waals surface area (Å²) < 4.78 is 5.54. The van der Waals surface area contributed by atoms with Crippen molar-refractivity contribution >= 4 is 11.3 Å². The normalized spacial score (nSPS) is 12.5. The standard InChI is InChI=1S/C14H12N2O2S/c1-9-7-8-19-12(9)11(17)14-16-15-13(18-14)10-5-3-2-4-6-10/h2-8,11,17H,1H3. The number of thiophene rings is 1. The molecule has 19 heavy (non-hydrogen) atoms. The van der Waals surface area contributed by atoms with E-state index in [4.69, 9.17) is 4.42 Å². The molecule has 0 spiro atoms. The molecule has 5 heteroatoms. The van der Waals surface area contributed by atoms with Gasteiger partial charge in [0.15, 0.2) is 6.10 Å². The molecule has 0 saturated heterocycles. The fourth-order valence-corrected chi connectivity index (χ4v) is 2.72. The molecule has 3 rings (SSSR count). The summed E-state index contributed by atoms with van der Waals surface area (Å²) in [5, 5.41) is 20.1. The van der Waals surface area contributed by atoms with Crippen molar-refractivity contribution in [3.63, 3.8) is 0 Å². The molecule has 0 aliphatic carbocycles. The van der Waals surface area contributed by atoms with Crippen LogP contribution >= 0.6 is 11.3 Å². The Hall–Kier alpha value is -1.98. The average molecular weight is 272 g/mol. The number of hydrogen-bond acceptors (Lipinski definition) is 5. The SMILES string of the molecule is Cc1ccsc1C(O)c1nnc(-c2ccccc2)o1. The van der Waals surface area contributed by atoms with E-state index in [0.29, 0.717) is 5.89 Å². The van der Waals surface area contributed by atoms with Crippen LogP contribution in [0.1, 0.15) is 22.4 Å². The minimum absolute atomic E-state index is 0.226. The van der Waals surface area contributed by atoms with E-state index >= 15 is 0 Å². The molecule has 0 amide bonds. The van der Waals surface area contributed by atoms with Gasteiger partial charge in [-0.1, -0.05) is 18.2 Å². The molecule has 1 unspecified atom stereocenters. The Balaban J connectivity index is 1.92. The van der Waals surface area contributed by atoms with Gasteiger partial charge >= 0.3 is 0 Å². The first-order chi connectivity index (χ1) is 9.25. The molecule has 3 aromatic rings. The van der Waals surface area contributed by atoms with Gasteiger partial charge in [-0.3, -0.25) is 0 Å². The van der Waals surface area contributed by atoms with Gasteiger partial charge in [0.2, 0.25) is 5.89 Å². The van der Waals surface area contributed by atoms with Gasteiger partial charge in [0.05, 0.1) is 0 Å². The van der Waals surface area contributed by atoms with Crippen molar-refractivity contribution in [3.8, 4) is 11.5 Å². The van der Waals surface area contributed by atoms with Crippen LogP contribution in [-0.4, -0.2) is 15.3 Å². The Kier molecular flexibility index (Phi) is 3.15.